The lowest BCUT2D eigenvalue weighted by Crippen LogP contribution is -2.21. The van der Waals surface area contributed by atoms with Gasteiger partial charge in [0.2, 0.25) is 0 Å². The maximum atomic E-state index is 12.4. The SMILES string of the molecule is NC(=O)c1nc(-c2ccc(C(=O)[O-])cc2)nc2c1[nH]c(=O)n2-c1cccs1. The zero-order valence-corrected chi connectivity index (χ0v) is 14.3. The Morgan fingerprint density at radius 1 is 1.15 bits per heavy atom. The number of amides is 1. The molecule has 10 heteroatoms. The molecule has 0 atom stereocenters. The Morgan fingerprint density at radius 2 is 1.89 bits per heavy atom. The van der Waals surface area contributed by atoms with Gasteiger partial charge in [0, 0.05) is 5.56 Å². The quantitative estimate of drug-likeness (QED) is 0.520. The van der Waals surface area contributed by atoms with Gasteiger partial charge in [-0.1, -0.05) is 24.3 Å². The highest BCUT2D eigenvalue weighted by atomic mass is 32.1. The molecule has 3 aromatic heterocycles. The Bertz CT molecular complexity index is 1240. The van der Waals surface area contributed by atoms with Crippen LogP contribution >= 0.6 is 11.3 Å². The van der Waals surface area contributed by atoms with E-state index >= 15 is 0 Å². The Hall–Kier alpha value is -3.79. The van der Waals surface area contributed by atoms with Gasteiger partial charge >= 0.3 is 5.69 Å². The molecule has 0 saturated heterocycles. The first-order chi connectivity index (χ1) is 13.0. The molecule has 0 saturated carbocycles. The van der Waals surface area contributed by atoms with Crippen molar-refractivity contribution in [1.82, 2.24) is 19.5 Å². The highest BCUT2D eigenvalue weighted by Crippen LogP contribution is 2.23. The number of benzene rings is 1. The van der Waals surface area contributed by atoms with Crippen LogP contribution in [0.1, 0.15) is 20.8 Å². The van der Waals surface area contributed by atoms with Crippen LogP contribution in [-0.4, -0.2) is 31.4 Å². The van der Waals surface area contributed by atoms with E-state index in [0.717, 1.165) is 0 Å². The van der Waals surface area contributed by atoms with Gasteiger partial charge < -0.3 is 20.6 Å². The second-order valence-corrected chi connectivity index (χ2v) is 6.47. The van der Waals surface area contributed by atoms with Gasteiger partial charge in [0.15, 0.2) is 17.2 Å². The average Bonchev–Trinajstić information content (AvgIpc) is 3.27. The van der Waals surface area contributed by atoms with E-state index in [1.807, 2.05) is 0 Å². The molecular weight excluding hydrogens is 370 g/mol. The highest BCUT2D eigenvalue weighted by molar-refractivity contribution is 7.12. The fourth-order valence-corrected chi connectivity index (χ4v) is 3.38. The average molecular weight is 380 g/mol. The van der Waals surface area contributed by atoms with Crippen molar-refractivity contribution in [2.75, 3.05) is 0 Å². The number of thiophene rings is 1. The largest absolute Gasteiger partial charge is 0.545 e. The van der Waals surface area contributed by atoms with Crippen LogP contribution in [0.4, 0.5) is 0 Å². The standard InChI is InChI=1S/C17H11N5O4S/c18-13(23)11-12-15(22(17(26)20-12)10-2-1-7-27-10)21-14(19-11)8-3-5-9(6-4-8)16(24)25/h1-7H,(H2,18,23)(H,20,26)(H,24,25)/p-1. The first-order valence-corrected chi connectivity index (χ1v) is 8.52. The Balaban J connectivity index is 1.99. The van der Waals surface area contributed by atoms with E-state index in [1.165, 1.54) is 40.2 Å². The molecule has 0 bridgehead atoms. The Labute approximate surface area is 154 Å². The molecule has 134 valence electrons. The summed E-state index contributed by atoms with van der Waals surface area (Å²) in [6, 6.07) is 9.16. The van der Waals surface area contributed by atoms with Crippen molar-refractivity contribution in [2.24, 2.45) is 5.73 Å². The third-order valence-corrected chi connectivity index (χ3v) is 4.73. The summed E-state index contributed by atoms with van der Waals surface area (Å²) in [7, 11) is 0. The summed E-state index contributed by atoms with van der Waals surface area (Å²) in [5, 5.41) is 13.3. The van der Waals surface area contributed by atoms with Crippen molar-refractivity contribution >= 4 is 34.4 Å². The summed E-state index contributed by atoms with van der Waals surface area (Å²) in [4.78, 5) is 46.3. The van der Waals surface area contributed by atoms with Gasteiger partial charge in [0.1, 0.15) is 10.5 Å². The molecule has 4 rings (SSSR count). The number of carboxylic acid groups (broad SMARTS) is 1. The first kappa shape index (κ1) is 16.7. The smallest absolute Gasteiger partial charge is 0.333 e. The minimum atomic E-state index is -1.31. The number of rotatable bonds is 4. The maximum Gasteiger partial charge on any atom is 0.333 e. The maximum absolute atomic E-state index is 12.4. The van der Waals surface area contributed by atoms with Gasteiger partial charge in [-0.2, -0.15) is 0 Å². The van der Waals surface area contributed by atoms with E-state index < -0.39 is 17.6 Å². The number of aromatic amines is 1. The first-order valence-electron chi connectivity index (χ1n) is 7.64. The molecular formula is C17H10N5O4S-. The van der Waals surface area contributed by atoms with Crippen molar-refractivity contribution in [1.29, 1.82) is 0 Å². The molecule has 1 aromatic carbocycles. The molecule has 4 aromatic rings. The number of aromatic carboxylic acids is 1. The molecule has 0 unspecified atom stereocenters. The van der Waals surface area contributed by atoms with E-state index in [9.17, 15) is 19.5 Å². The number of hydrogen-bond acceptors (Lipinski definition) is 7. The van der Waals surface area contributed by atoms with Gasteiger partial charge in [-0.25, -0.2) is 19.3 Å². The van der Waals surface area contributed by atoms with Gasteiger partial charge in [0.25, 0.3) is 5.91 Å². The van der Waals surface area contributed by atoms with Crippen LogP contribution in [0.5, 0.6) is 0 Å². The van der Waals surface area contributed by atoms with E-state index in [0.29, 0.717) is 10.6 Å². The van der Waals surface area contributed by atoms with E-state index in [1.54, 1.807) is 17.5 Å². The van der Waals surface area contributed by atoms with E-state index in [4.69, 9.17) is 5.73 Å². The van der Waals surface area contributed by atoms with Crippen LogP contribution in [-0.2, 0) is 0 Å². The summed E-state index contributed by atoms with van der Waals surface area (Å²) in [6.07, 6.45) is 0. The summed E-state index contributed by atoms with van der Waals surface area (Å²) in [5.41, 5.74) is 5.60. The van der Waals surface area contributed by atoms with Crippen LogP contribution in [0.15, 0.2) is 46.6 Å². The topological polar surface area (TPSA) is 147 Å². The monoisotopic (exact) mass is 380 g/mol. The van der Waals surface area contributed by atoms with Crippen molar-refractivity contribution in [2.45, 2.75) is 0 Å². The predicted molar refractivity (Wildman–Crippen MR) is 95.6 cm³/mol. The number of carboxylic acids is 1. The number of hydrogen-bond donors (Lipinski definition) is 2. The molecule has 0 aliphatic rings. The van der Waals surface area contributed by atoms with Gasteiger partial charge in [-0.15, -0.1) is 11.3 Å². The lowest BCUT2D eigenvalue weighted by molar-refractivity contribution is -0.255. The summed E-state index contributed by atoms with van der Waals surface area (Å²) in [5.74, 6) is -2.01. The third-order valence-electron chi connectivity index (χ3n) is 3.88. The molecule has 3 heterocycles. The number of fused-ring (bicyclic) bond motifs is 1. The van der Waals surface area contributed by atoms with Crippen molar-refractivity contribution < 1.29 is 14.7 Å². The van der Waals surface area contributed by atoms with Crippen LogP contribution in [0, 0.1) is 0 Å². The number of imidazole rings is 1. The number of H-pyrrole nitrogens is 1. The van der Waals surface area contributed by atoms with E-state index in [2.05, 4.69) is 15.0 Å². The van der Waals surface area contributed by atoms with Crippen molar-refractivity contribution in [3.8, 4) is 16.4 Å². The normalized spacial score (nSPS) is 11.0. The molecule has 0 aliphatic carbocycles. The molecule has 1 amide bonds. The number of nitrogens with two attached hydrogens (primary N) is 1. The molecule has 9 nitrogen and oxygen atoms in total. The summed E-state index contributed by atoms with van der Waals surface area (Å²) < 4.78 is 1.33. The van der Waals surface area contributed by atoms with Crippen LogP contribution in [0.2, 0.25) is 0 Å². The summed E-state index contributed by atoms with van der Waals surface area (Å²) >= 11 is 1.32. The fourth-order valence-electron chi connectivity index (χ4n) is 2.65. The lowest BCUT2D eigenvalue weighted by atomic mass is 10.1. The number of carbonyl (C=O) groups excluding carboxylic acids is 2. The molecule has 27 heavy (non-hydrogen) atoms. The van der Waals surface area contributed by atoms with Crippen LogP contribution in [0.25, 0.3) is 27.6 Å². The number of primary amides is 1. The Kier molecular flexibility index (Phi) is 3.81. The summed E-state index contributed by atoms with van der Waals surface area (Å²) in [6.45, 7) is 0. The van der Waals surface area contributed by atoms with Crippen LogP contribution < -0.4 is 16.5 Å². The fraction of sp³-hybridized carbons (Fsp3) is 0. The van der Waals surface area contributed by atoms with Crippen molar-refractivity contribution in [3.63, 3.8) is 0 Å². The lowest BCUT2D eigenvalue weighted by Gasteiger charge is -2.07. The minimum absolute atomic E-state index is 0.00732. The molecule has 0 spiro atoms. The molecule has 0 radical (unpaired) electrons. The number of nitrogens with one attached hydrogen (secondary N) is 1. The number of carbonyl (C=O) groups is 2. The zero-order chi connectivity index (χ0) is 19.1. The molecule has 3 N–H and O–H groups in total. The van der Waals surface area contributed by atoms with Gasteiger partial charge in [-0.05, 0) is 23.1 Å². The minimum Gasteiger partial charge on any atom is -0.545 e. The van der Waals surface area contributed by atoms with Gasteiger partial charge in [-0.3, -0.25) is 4.79 Å². The zero-order valence-electron chi connectivity index (χ0n) is 13.5. The number of aromatic nitrogens is 4. The van der Waals surface area contributed by atoms with Crippen LogP contribution in [0.3, 0.4) is 0 Å². The van der Waals surface area contributed by atoms with E-state index in [-0.39, 0.29) is 28.2 Å². The second kappa shape index (κ2) is 6.18. The molecule has 0 fully saturated rings. The molecule has 0 aliphatic heterocycles. The predicted octanol–water partition coefficient (Wildman–Crippen LogP) is 0.300. The van der Waals surface area contributed by atoms with Crippen molar-refractivity contribution in [3.05, 3.63) is 63.5 Å². The van der Waals surface area contributed by atoms with Gasteiger partial charge in [0.05, 0.1) is 5.97 Å². The Morgan fingerprint density at radius 3 is 2.48 bits per heavy atom. The third kappa shape index (κ3) is 2.77. The second-order valence-electron chi connectivity index (χ2n) is 5.54. The number of nitrogens with zero attached hydrogens (tertiary/aromatic N) is 3. The highest BCUT2D eigenvalue weighted by Gasteiger charge is 2.20.